The van der Waals surface area contributed by atoms with E-state index in [9.17, 15) is 0 Å². The van der Waals surface area contributed by atoms with Gasteiger partial charge in [0.05, 0.1) is 5.01 Å². The molecule has 0 unspecified atom stereocenters. The van der Waals surface area contributed by atoms with E-state index in [0.29, 0.717) is 0 Å². The Labute approximate surface area is 114 Å². The van der Waals surface area contributed by atoms with Gasteiger partial charge < -0.3 is 5.32 Å². The Morgan fingerprint density at radius 3 is 3.00 bits per heavy atom. The molecule has 4 heteroatoms. The molecule has 0 aliphatic rings. The third kappa shape index (κ3) is 3.91. The predicted molar refractivity (Wildman–Crippen MR) is 76.4 cm³/mol. The second-order valence-corrected chi connectivity index (χ2v) is 5.77. The molecule has 1 aromatic heterocycles. The van der Waals surface area contributed by atoms with Crippen molar-refractivity contribution >= 4 is 27.3 Å². The van der Waals surface area contributed by atoms with Crippen LogP contribution in [-0.2, 0) is 13.0 Å². The second kappa shape index (κ2) is 6.28. The van der Waals surface area contributed by atoms with Crippen LogP contribution in [0.5, 0.6) is 0 Å². The molecule has 0 radical (unpaired) electrons. The number of halogens is 1. The number of hydrogen-bond acceptors (Lipinski definition) is 3. The van der Waals surface area contributed by atoms with Crippen molar-refractivity contribution in [3.05, 3.63) is 50.4 Å². The molecule has 0 aliphatic carbocycles. The van der Waals surface area contributed by atoms with E-state index in [1.165, 1.54) is 20.6 Å². The van der Waals surface area contributed by atoms with E-state index in [2.05, 4.69) is 51.4 Å². The van der Waals surface area contributed by atoms with E-state index < -0.39 is 0 Å². The summed E-state index contributed by atoms with van der Waals surface area (Å²) in [5.74, 6) is 0. The topological polar surface area (TPSA) is 24.9 Å². The maximum absolute atomic E-state index is 4.26. The van der Waals surface area contributed by atoms with Crippen molar-refractivity contribution in [1.29, 1.82) is 0 Å². The molecule has 1 heterocycles. The fraction of sp³-hybridized carbons (Fsp3) is 0.308. The highest BCUT2D eigenvalue weighted by Gasteiger charge is 1.98. The Morgan fingerprint density at radius 1 is 1.41 bits per heavy atom. The van der Waals surface area contributed by atoms with Crippen LogP contribution in [0.15, 0.2) is 34.2 Å². The zero-order valence-electron chi connectivity index (χ0n) is 9.74. The van der Waals surface area contributed by atoms with Gasteiger partial charge in [0.2, 0.25) is 0 Å². The van der Waals surface area contributed by atoms with Gasteiger partial charge in [0, 0.05) is 35.6 Å². The van der Waals surface area contributed by atoms with Crippen molar-refractivity contribution in [2.24, 2.45) is 0 Å². The van der Waals surface area contributed by atoms with Crippen molar-refractivity contribution < 1.29 is 0 Å². The van der Waals surface area contributed by atoms with Crippen molar-refractivity contribution in [3.8, 4) is 0 Å². The van der Waals surface area contributed by atoms with E-state index in [-0.39, 0.29) is 0 Å². The summed E-state index contributed by atoms with van der Waals surface area (Å²) < 4.78 is 1.18. The molecule has 17 heavy (non-hydrogen) atoms. The molecule has 0 aliphatic heterocycles. The molecule has 2 rings (SSSR count). The van der Waals surface area contributed by atoms with Gasteiger partial charge in [-0.05, 0) is 24.1 Å². The average Bonchev–Trinajstić information content (AvgIpc) is 2.82. The number of thiazole rings is 1. The highest BCUT2D eigenvalue weighted by molar-refractivity contribution is 9.10. The summed E-state index contributed by atoms with van der Waals surface area (Å²) in [6.45, 7) is 3.98. The molecule has 1 aromatic carbocycles. The number of hydrogen-bond donors (Lipinski definition) is 1. The molecule has 2 nitrogen and oxygen atoms in total. The van der Waals surface area contributed by atoms with E-state index >= 15 is 0 Å². The first-order valence-electron chi connectivity index (χ1n) is 5.60. The summed E-state index contributed by atoms with van der Waals surface area (Å²) in [5, 5.41) is 6.65. The summed E-state index contributed by atoms with van der Waals surface area (Å²) in [6.07, 6.45) is 2.86. The minimum absolute atomic E-state index is 0.907. The van der Waals surface area contributed by atoms with Gasteiger partial charge in [-0.2, -0.15) is 0 Å². The largest absolute Gasteiger partial charge is 0.312 e. The summed E-state index contributed by atoms with van der Waals surface area (Å²) in [6, 6.07) is 6.48. The fourth-order valence-electron chi connectivity index (χ4n) is 1.55. The zero-order valence-corrected chi connectivity index (χ0v) is 12.1. The Bertz CT molecular complexity index is 468. The molecule has 90 valence electrons. The minimum atomic E-state index is 0.907. The molecule has 0 fully saturated rings. The predicted octanol–water partition coefficient (Wildman–Crippen LogP) is 3.55. The van der Waals surface area contributed by atoms with Gasteiger partial charge in [-0.3, -0.25) is 0 Å². The van der Waals surface area contributed by atoms with Crippen molar-refractivity contribution in [2.75, 3.05) is 6.54 Å². The molecule has 0 bridgehead atoms. The zero-order chi connectivity index (χ0) is 12.1. The fourth-order valence-corrected chi connectivity index (χ4v) is 2.60. The molecule has 2 aromatic rings. The van der Waals surface area contributed by atoms with Gasteiger partial charge in [-0.1, -0.05) is 28.1 Å². The summed E-state index contributed by atoms with van der Waals surface area (Å²) in [5.41, 5.74) is 2.58. The number of benzene rings is 1. The van der Waals surface area contributed by atoms with E-state index in [1.807, 2.05) is 11.6 Å². The van der Waals surface area contributed by atoms with Crippen LogP contribution in [0.4, 0.5) is 0 Å². The summed E-state index contributed by atoms with van der Waals surface area (Å²) in [4.78, 5) is 4.26. The molecule has 0 amide bonds. The van der Waals surface area contributed by atoms with Gasteiger partial charge in [0.1, 0.15) is 0 Å². The van der Waals surface area contributed by atoms with Gasteiger partial charge >= 0.3 is 0 Å². The van der Waals surface area contributed by atoms with Crippen LogP contribution in [0.1, 0.15) is 16.1 Å². The lowest BCUT2D eigenvalue weighted by molar-refractivity contribution is 0.685. The number of aryl methyl sites for hydroxylation is 1. The molecular formula is C13H15BrN2S. The second-order valence-electron chi connectivity index (χ2n) is 3.94. The lowest BCUT2D eigenvalue weighted by Crippen LogP contribution is -2.16. The van der Waals surface area contributed by atoms with E-state index in [4.69, 9.17) is 0 Å². The number of nitrogens with one attached hydrogen (secondary N) is 1. The maximum Gasteiger partial charge on any atom is 0.0937 e. The molecule has 0 spiro atoms. The summed E-state index contributed by atoms with van der Waals surface area (Å²) in [7, 11) is 0. The standard InChI is InChI=1S/C13H15BrN2S/c1-10-2-3-11(8-12(10)14)9-15-5-4-13-16-6-7-17-13/h2-3,6-8,15H,4-5,9H2,1H3. The monoisotopic (exact) mass is 310 g/mol. The first kappa shape index (κ1) is 12.7. The smallest absolute Gasteiger partial charge is 0.0937 e. The van der Waals surface area contributed by atoms with E-state index in [1.54, 1.807) is 11.3 Å². The van der Waals surface area contributed by atoms with Gasteiger partial charge in [0.15, 0.2) is 0 Å². The number of aromatic nitrogens is 1. The van der Waals surface area contributed by atoms with Crippen LogP contribution < -0.4 is 5.32 Å². The average molecular weight is 311 g/mol. The lowest BCUT2D eigenvalue weighted by Gasteiger charge is -2.05. The van der Waals surface area contributed by atoms with Crippen LogP contribution in [0.25, 0.3) is 0 Å². The van der Waals surface area contributed by atoms with Crippen LogP contribution in [0, 0.1) is 6.92 Å². The SMILES string of the molecule is Cc1ccc(CNCCc2nccs2)cc1Br. The Hall–Kier alpha value is -0.710. The molecular weight excluding hydrogens is 296 g/mol. The molecule has 0 saturated heterocycles. The van der Waals surface area contributed by atoms with Crippen molar-refractivity contribution in [1.82, 2.24) is 10.3 Å². The molecule has 0 atom stereocenters. The summed E-state index contributed by atoms with van der Waals surface area (Å²) >= 11 is 5.27. The third-order valence-corrected chi connectivity index (χ3v) is 4.26. The maximum atomic E-state index is 4.26. The van der Waals surface area contributed by atoms with Crippen LogP contribution in [0.2, 0.25) is 0 Å². The quantitative estimate of drug-likeness (QED) is 0.854. The number of rotatable bonds is 5. The van der Waals surface area contributed by atoms with Crippen molar-refractivity contribution in [2.45, 2.75) is 19.9 Å². The lowest BCUT2D eigenvalue weighted by atomic mass is 10.1. The van der Waals surface area contributed by atoms with Crippen LogP contribution >= 0.6 is 27.3 Å². The van der Waals surface area contributed by atoms with Gasteiger partial charge in [-0.25, -0.2) is 4.98 Å². The highest BCUT2D eigenvalue weighted by atomic mass is 79.9. The van der Waals surface area contributed by atoms with Crippen LogP contribution in [-0.4, -0.2) is 11.5 Å². The normalized spacial score (nSPS) is 10.7. The molecule has 0 saturated carbocycles. The Morgan fingerprint density at radius 2 is 2.29 bits per heavy atom. The Kier molecular flexibility index (Phi) is 4.71. The first-order chi connectivity index (χ1) is 8.25. The van der Waals surface area contributed by atoms with Crippen LogP contribution in [0.3, 0.4) is 0 Å². The molecule has 1 N–H and O–H groups in total. The highest BCUT2D eigenvalue weighted by Crippen LogP contribution is 2.17. The Balaban J connectivity index is 1.76. The third-order valence-electron chi connectivity index (χ3n) is 2.56. The van der Waals surface area contributed by atoms with E-state index in [0.717, 1.165) is 19.5 Å². The minimum Gasteiger partial charge on any atom is -0.312 e. The number of nitrogens with zero attached hydrogens (tertiary/aromatic N) is 1. The van der Waals surface area contributed by atoms with Gasteiger partial charge in [0.25, 0.3) is 0 Å². The first-order valence-corrected chi connectivity index (χ1v) is 7.27. The van der Waals surface area contributed by atoms with Gasteiger partial charge in [-0.15, -0.1) is 11.3 Å². The van der Waals surface area contributed by atoms with Crippen molar-refractivity contribution in [3.63, 3.8) is 0 Å².